The SMILES string of the molecule is COC(=O)c1ccc(NC(=O)Nc2ccc(-c3nc(-c4cc(C)ccc4C)co3)cc2)cc1. The molecule has 2 N–H and O–H groups in total. The summed E-state index contributed by atoms with van der Waals surface area (Å²) >= 11 is 0. The van der Waals surface area contributed by atoms with Crippen molar-refractivity contribution >= 4 is 23.4 Å². The molecule has 7 nitrogen and oxygen atoms in total. The zero-order valence-corrected chi connectivity index (χ0v) is 18.5. The first-order chi connectivity index (χ1) is 15.9. The van der Waals surface area contributed by atoms with Crippen LogP contribution in [-0.4, -0.2) is 24.1 Å². The zero-order chi connectivity index (χ0) is 23.4. The number of carbonyl (C=O) groups is 2. The smallest absolute Gasteiger partial charge is 0.337 e. The predicted molar refractivity (Wildman–Crippen MR) is 127 cm³/mol. The summed E-state index contributed by atoms with van der Waals surface area (Å²) in [6.07, 6.45) is 1.65. The Bertz CT molecular complexity index is 1290. The standard InChI is InChI=1S/C26H23N3O4/c1-16-4-5-17(2)22(14-16)23-15-33-24(29-23)18-6-10-20(11-7-18)27-26(31)28-21-12-8-19(9-13-21)25(30)32-3/h4-15H,1-3H3,(H2,27,28,31). The van der Waals surface area contributed by atoms with Gasteiger partial charge in [-0.05, 0) is 74.0 Å². The van der Waals surface area contributed by atoms with E-state index in [0.29, 0.717) is 22.8 Å². The molecule has 7 heteroatoms. The van der Waals surface area contributed by atoms with Crippen molar-refractivity contribution in [1.82, 2.24) is 4.98 Å². The fourth-order valence-corrected chi connectivity index (χ4v) is 3.34. The molecule has 166 valence electrons. The maximum atomic E-state index is 12.3. The van der Waals surface area contributed by atoms with Crippen molar-refractivity contribution < 1.29 is 18.7 Å². The van der Waals surface area contributed by atoms with Crippen LogP contribution in [0.4, 0.5) is 16.2 Å². The molecule has 0 unspecified atom stereocenters. The Kier molecular flexibility index (Phi) is 6.22. The number of nitrogens with one attached hydrogen (secondary N) is 2. The first-order valence-corrected chi connectivity index (χ1v) is 10.3. The minimum Gasteiger partial charge on any atom is -0.465 e. The van der Waals surface area contributed by atoms with Gasteiger partial charge < -0.3 is 19.8 Å². The molecular weight excluding hydrogens is 418 g/mol. The normalized spacial score (nSPS) is 10.5. The molecular formula is C26H23N3O4. The van der Waals surface area contributed by atoms with Gasteiger partial charge in [-0.3, -0.25) is 0 Å². The number of hydrogen-bond donors (Lipinski definition) is 2. The van der Waals surface area contributed by atoms with E-state index in [1.54, 1.807) is 42.7 Å². The molecule has 0 bridgehead atoms. The molecule has 0 saturated carbocycles. The minimum atomic E-state index is -0.432. The van der Waals surface area contributed by atoms with Crippen molar-refractivity contribution in [3.63, 3.8) is 0 Å². The number of ether oxygens (including phenoxy) is 1. The highest BCUT2D eigenvalue weighted by molar-refractivity contribution is 6.00. The number of methoxy groups -OCH3 is 1. The van der Waals surface area contributed by atoms with Crippen molar-refractivity contribution in [3.8, 4) is 22.7 Å². The number of amides is 2. The molecule has 33 heavy (non-hydrogen) atoms. The third-order valence-electron chi connectivity index (χ3n) is 5.13. The van der Waals surface area contributed by atoms with Crippen LogP contribution in [0, 0.1) is 13.8 Å². The Morgan fingerprint density at radius 2 is 1.52 bits per heavy atom. The largest absolute Gasteiger partial charge is 0.465 e. The van der Waals surface area contributed by atoms with Gasteiger partial charge in [-0.1, -0.05) is 17.7 Å². The lowest BCUT2D eigenvalue weighted by atomic mass is 10.0. The van der Waals surface area contributed by atoms with Crippen LogP contribution in [0.2, 0.25) is 0 Å². The molecule has 3 aromatic carbocycles. The summed E-state index contributed by atoms with van der Waals surface area (Å²) < 4.78 is 10.4. The lowest BCUT2D eigenvalue weighted by molar-refractivity contribution is 0.0600. The van der Waals surface area contributed by atoms with Crippen LogP contribution < -0.4 is 10.6 Å². The number of benzene rings is 3. The summed E-state index contributed by atoms with van der Waals surface area (Å²) in [7, 11) is 1.32. The first-order valence-electron chi connectivity index (χ1n) is 10.3. The van der Waals surface area contributed by atoms with Crippen LogP contribution >= 0.6 is 0 Å². The molecule has 0 aliphatic heterocycles. The fourth-order valence-electron chi connectivity index (χ4n) is 3.34. The van der Waals surface area contributed by atoms with Crippen molar-refractivity contribution in [2.45, 2.75) is 13.8 Å². The summed E-state index contributed by atoms with van der Waals surface area (Å²) in [6, 6.07) is 19.5. The molecule has 2 amide bonds. The maximum absolute atomic E-state index is 12.3. The highest BCUT2D eigenvalue weighted by Gasteiger charge is 2.11. The predicted octanol–water partition coefficient (Wildman–Crippen LogP) is 6.06. The van der Waals surface area contributed by atoms with Crippen molar-refractivity contribution in [3.05, 3.63) is 89.7 Å². The van der Waals surface area contributed by atoms with E-state index < -0.39 is 12.0 Å². The van der Waals surface area contributed by atoms with Crippen LogP contribution in [-0.2, 0) is 4.74 Å². The molecule has 0 spiro atoms. The monoisotopic (exact) mass is 441 g/mol. The van der Waals surface area contributed by atoms with Gasteiger partial charge in [0.25, 0.3) is 0 Å². The highest BCUT2D eigenvalue weighted by Crippen LogP contribution is 2.28. The molecule has 0 atom stereocenters. The molecule has 4 rings (SSSR count). The second kappa shape index (κ2) is 9.40. The van der Waals surface area contributed by atoms with E-state index >= 15 is 0 Å². The van der Waals surface area contributed by atoms with E-state index in [2.05, 4.69) is 38.6 Å². The van der Waals surface area contributed by atoms with Gasteiger partial charge >= 0.3 is 12.0 Å². The lowest BCUT2D eigenvalue weighted by Crippen LogP contribution is -2.19. The van der Waals surface area contributed by atoms with E-state index in [1.807, 2.05) is 26.0 Å². The van der Waals surface area contributed by atoms with Crippen LogP contribution in [0.15, 0.2) is 77.4 Å². The van der Waals surface area contributed by atoms with E-state index in [0.717, 1.165) is 27.9 Å². The van der Waals surface area contributed by atoms with Gasteiger partial charge in [-0.25, -0.2) is 14.6 Å². The lowest BCUT2D eigenvalue weighted by Gasteiger charge is -2.08. The first kappa shape index (κ1) is 21.8. The van der Waals surface area contributed by atoms with E-state index in [-0.39, 0.29) is 0 Å². The van der Waals surface area contributed by atoms with Gasteiger partial charge in [-0.2, -0.15) is 0 Å². The van der Waals surface area contributed by atoms with Crippen molar-refractivity contribution in [1.29, 1.82) is 0 Å². The van der Waals surface area contributed by atoms with Crippen molar-refractivity contribution in [2.75, 3.05) is 17.7 Å². The van der Waals surface area contributed by atoms with E-state index in [1.165, 1.54) is 7.11 Å². The average Bonchev–Trinajstić information content (AvgIpc) is 3.31. The summed E-state index contributed by atoms with van der Waals surface area (Å²) in [5.41, 5.74) is 6.49. The quantitative estimate of drug-likeness (QED) is 0.367. The molecule has 1 heterocycles. The van der Waals surface area contributed by atoms with Crippen LogP contribution in [0.1, 0.15) is 21.5 Å². The number of nitrogens with zero attached hydrogens (tertiary/aromatic N) is 1. The Balaban J connectivity index is 1.40. The number of aromatic nitrogens is 1. The van der Waals surface area contributed by atoms with Crippen LogP contribution in [0.3, 0.4) is 0 Å². The van der Waals surface area contributed by atoms with Crippen LogP contribution in [0.5, 0.6) is 0 Å². The average molecular weight is 441 g/mol. The Morgan fingerprint density at radius 3 is 2.15 bits per heavy atom. The highest BCUT2D eigenvalue weighted by atomic mass is 16.5. The second-order valence-electron chi connectivity index (χ2n) is 7.58. The topological polar surface area (TPSA) is 93.5 Å². The minimum absolute atomic E-state index is 0.401. The Morgan fingerprint density at radius 1 is 0.879 bits per heavy atom. The molecule has 4 aromatic rings. The molecule has 0 saturated heterocycles. The number of rotatable bonds is 5. The fraction of sp³-hybridized carbons (Fsp3) is 0.115. The number of hydrogen-bond acceptors (Lipinski definition) is 5. The van der Waals surface area contributed by atoms with Gasteiger partial charge in [0, 0.05) is 22.5 Å². The number of carbonyl (C=O) groups excluding carboxylic acids is 2. The maximum Gasteiger partial charge on any atom is 0.337 e. The molecule has 1 aromatic heterocycles. The zero-order valence-electron chi connectivity index (χ0n) is 18.5. The van der Waals surface area contributed by atoms with E-state index in [4.69, 9.17) is 4.42 Å². The van der Waals surface area contributed by atoms with Gasteiger partial charge in [0.15, 0.2) is 0 Å². The Labute approximate surface area is 191 Å². The van der Waals surface area contributed by atoms with Crippen LogP contribution in [0.25, 0.3) is 22.7 Å². The number of esters is 1. The number of anilines is 2. The summed E-state index contributed by atoms with van der Waals surface area (Å²) in [5.74, 6) is 0.0749. The van der Waals surface area contributed by atoms with Gasteiger partial charge in [-0.15, -0.1) is 0 Å². The molecule has 0 aliphatic rings. The van der Waals surface area contributed by atoms with E-state index in [9.17, 15) is 9.59 Å². The third kappa shape index (κ3) is 5.10. The number of urea groups is 1. The summed E-state index contributed by atoms with van der Waals surface area (Å²) in [6.45, 7) is 4.09. The third-order valence-corrected chi connectivity index (χ3v) is 5.13. The van der Waals surface area contributed by atoms with Gasteiger partial charge in [0.05, 0.1) is 12.7 Å². The van der Waals surface area contributed by atoms with Gasteiger partial charge in [0.1, 0.15) is 12.0 Å². The second-order valence-corrected chi connectivity index (χ2v) is 7.58. The Hall–Kier alpha value is -4.39. The summed E-state index contributed by atoms with van der Waals surface area (Å²) in [4.78, 5) is 28.4. The molecule has 0 fully saturated rings. The summed E-state index contributed by atoms with van der Waals surface area (Å²) in [5, 5.41) is 5.49. The number of oxazole rings is 1. The molecule has 0 radical (unpaired) electrons. The van der Waals surface area contributed by atoms with Crippen molar-refractivity contribution in [2.24, 2.45) is 0 Å². The van der Waals surface area contributed by atoms with Gasteiger partial charge in [0.2, 0.25) is 5.89 Å². The molecule has 0 aliphatic carbocycles. The number of aryl methyl sites for hydroxylation is 2.